The summed E-state index contributed by atoms with van der Waals surface area (Å²) in [6.07, 6.45) is 0. The van der Waals surface area contributed by atoms with Crippen LogP contribution in [0.1, 0.15) is 14.5 Å². The van der Waals surface area contributed by atoms with Crippen molar-refractivity contribution in [3.05, 3.63) is 49.3 Å². The van der Waals surface area contributed by atoms with Crippen molar-refractivity contribution in [1.82, 2.24) is 0 Å². The van der Waals surface area contributed by atoms with Gasteiger partial charge in [0.2, 0.25) is 5.78 Å². The van der Waals surface area contributed by atoms with Crippen molar-refractivity contribution in [2.75, 3.05) is 6.61 Å². The maximum Gasteiger partial charge on any atom is 0.210 e. The van der Waals surface area contributed by atoms with Crippen LogP contribution in [0.2, 0.25) is 5.02 Å². The first kappa shape index (κ1) is 14.5. The lowest BCUT2D eigenvalue weighted by molar-refractivity contribution is 0.0925. The summed E-state index contributed by atoms with van der Waals surface area (Å²) in [5.41, 5.74) is 0. The fraction of sp³-hybridized carbons (Fsp3) is 0.154. The molecule has 0 N–H and O–H groups in total. The molecule has 0 aliphatic carbocycles. The average molecular weight is 364 g/mol. The summed E-state index contributed by atoms with van der Waals surface area (Å²) in [5.74, 6) is -0.486. The van der Waals surface area contributed by atoms with Gasteiger partial charge in [-0.3, -0.25) is 4.79 Å². The van der Waals surface area contributed by atoms with Crippen molar-refractivity contribution in [2.45, 2.75) is 6.92 Å². The van der Waals surface area contributed by atoms with Gasteiger partial charge in [-0.2, -0.15) is 0 Å². The molecule has 0 amide bonds. The van der Waals surface area contributed by atoms with Gasteiger partial charge in [0.1, 0.15) is 11.6 Å². The van der Waals surface area contributed by atoms with E-state index in [1.54, 1.807) is 6.07 Å². The Morgan fingerprint density at radius 2 is 2.21 bits per heavy atom. The fourth-order valence-corrected chi connectivity index (χ4v) is 2.90. The minimum Gasteiger partial charge on any atom is -0.484 e. The van der Waals surface area contributed by atoms with E-state index in [0.717, 1.165) is 10.9 Å². The normalized spacial score (nSPS) is 10.5. The highest BCUT2D eigenvalue weighted by molar-refractivity contribution is 9.10. The Balaban J connectivity index is 2.07. The number of carbonyl (C=O) groups is 1. The van der Waals surface area contributed by atoms with Gasteiger partial charge >= 0.3 is 0 Å². The van der Waals surface area contributed by atoms with E-state index in [2.05, 4.69) is 15.9 Å². The molecule has 0 saturated heterocycles. The largest absolute Gasteiger partial charge is 0.484 e. The molecular formula is C13H9BrClFO2S. The first-order chi connectivity index (χ1) is 8.97. The highest BCUT2D eigenvalue weighted by Gasteiger charge is 2.12. The summed E-state index contributed by atoms with van der Waals surface area (Å²) in [6.45, 7) is 1.75. The molecule has 0 unspecified atom stereocenters. The van der Waals surface area contributed by atoms with Gasteiger partial charge in [0.05, 0.1) is 14.4 Å². The third-order valence-corrected chi connectivity index (χ3v) is 4.29. The molecule has 0 saturated carbocycles. The Hall–Kier alpha value is -0.910. The molecule has 0 radical (unpaired) electrons. The lowest BCUT2D eigenvalue weighted by atomic mass is 10.3. The van der Waals surface area contributed by atoms with Crippen LogP contribution in [0.3, 0.4) is 0 Å². The Morgan fingerprint density at radius 1 is 1.47 bits per heavy atom. The number of hydrogen-bond acceptors (Lipinski definition) is 3. The van der Waals surface area contributed by atoms with Gasteiger partial charge in [0.25, 0.3) is 0 Å². The molecule has 19 heavy (non-hydrogen) atoms. The molecule has 0 atom stereocenters. The summed E-state index contributed by atoms with van der Waals surface area (Å²) in [6, 6.07) is 6.16. The third-order valence-electron chi connectivity index (χ3n) is 2.35. The molecule has 2 nitrogen and oxygen atoms in total. The number of Topliss-reactive ketones (excluding diaryl/α,β-unsaturated/α-hetero) is 1. The van der Waals surface area contributed by atoms with Crippen LogP contribution >= 0.6 is 38.9 Å². The number of carbonyl (C=O) groups excluding carboxylic acids is 1. The lowest BCUT2D eigenvalue weighted by Gasteiger charge is -2.07. The highest BCUT2D eigenvalue weighted by Crippen LogP contribution is 2.30. The number of hydrogen-bond donors (Lipinski definition) is 0. The smallest absolute Gasteiger partial charge is 0.210 e. The zero-order valence-corrected chi connectivity index (χ0v) is 13.0. The SMILES string of the molecule is Cc1ccc(C(=O)COc2cc(F)c(Br)cc2Cl)s1. The Labute approximate surface area is 127 Å². The zero-order valence-electron chi connectivity index (χ0n) is 9.88. The van der Waals surface area contributed by atoms with E-state index in [-0.39, 0.29) is 27.6 Å². The Kier molecular flexibility index (Phi) is 4.60. The second-order valence-electron chi connectivity index (χ2n) is 3.82. The average Bonchev–Trinajstić information content (AvgIpc) is 2.78. The van der Waals surface area contributed by atoms with E-state index < -0.39 is 5.82 Å². The first-order valence-electron chi connectivity index (χ1n) is 5.34. The van der Waals surface area contributed by atoms with Gasteiger partial charge in [-0.05, 0) is 41.1 Å². The van der Waals surface area contributed by atoms with Gasteiger partial charge in [-0.25, -0.2) is 4.39 Å². The van der Waals surface area contributed by atoms with Crippen LogP contribution in [0, 0.1) is 12.7 Å². The van der Waals surface area contributed by atoms with E-state index >= 15 is 0 Å². The van der Waals surface area contributed by atoms with Crippen LogP contribution in [0.25, 0.3) is 0 Å². The predicted octanol–water partition coefficient (Wildman–Crippen LogP) is 4.87. The summed E-state index contributed by atoms with van der Waals surface area (Å²) in [7, 11) is 0. The van der Waals surface area contributed by atoms with Crippen molar-refractivity contribution in [2.24, 2.45) is 0 Å². The molecule has 0 aliphatic heterocycles. The minimum absolute atomic E-state index is 0.155. The maximum absolute atomic E-state index is 13.3. The van der Waals surface area contributed by atoms with Crippen LogP contribution in [0.5, 0.6) is 5.75 Å². The van der Waals surface area contributed by atoms with Crippen molar-refractivity contribution < 1.29 is 13.9 Å². The molecule has 0 aliphatic rings. The summed E-state index contributed by atoms with van der Waals surface area (Å²) >= 11 is 10.3. The van der Waals surface area contributed by atoms with Crippen LogP contribution in [0.4, 0.5) is 4.39 Å². The number of benzene rings is 1. The van der Waals surface area contributed by atoms with Gasteiger partial charge < -0.3 is 4.74 Å². The van der Waals surface area contributed by atoms with Gasteiger partial charge in [-0.1, -0.05) is 11.6 Å². The number of halogens is 3. The predicted molar refractivity (Wildman–Crippen MR) is 78.0 cm³/mol. The van der Waals surface area contributed by atoms with Gasteiger partial charge in [-0.15, -0.1) is 11.3 Å². The maximum atomic E-state index is 13.3. The van der Waals surface area contributed by atoms with Gasteiger partial charge in [0.15, 0.2) is 6.61 Å². The third kappa shape index (κ3) is 3.55. The van der Waals surface area contributed by atoms with Crippen LogP contribution in [-0.4, -0.2) is 12.4 Å². The molecule has 2 rings (SSSR count). The van der Waals surface area contributed by atoms with E-state index in [1.165, 1.54) is 17.4 Å². The standard InChI is InChI=1S/C13H9BrClFO2S/c1-7-2-3-13(19-7)11(17)6-18-12-5-10(16)8(14)4-9(12)15/h2-5H,6H2,1H3. The monoisotopic (exact) mass is 362 g/mol. The van der Waals surface area contributed by atoms with E-state index in [9.17, 15) is 9.18 Å². The molecule has 2 aromatic rings. The highest BCUT2D eigenvalue weighted by atomic mass is 79.9. The van der Waals surface area contributed by atoms with Crippen LogP contribution in [0.15, 0.2) is 28.7 Å². The van der Waals surface area contributed by atoms with E-state index in [1.807, 2.05) is 13.0 Å². The molecule has 1 aromatic heterocycles. The van der Waals surface area contributed by atoms with Crippen molar-refractivity contribution in [3.63, 3.8) is 0 Å². The number of ether oxygens (including phenoxy) is 1. The molecule has 0 spiro atoms. The second kappa shape index (κ2) is 6.03. The van der Waals surface area contributed by atoms with E-state index in [0.29, 0.717) is 4.88 Å². The van der Waals surface area contributed by atoms with Crippen LogP contribution < -0.4 is 4.74 Å². The summed E-state index contributed by atoms with van der Waals surface area (Å²) in [4.78, 5) is 13.5. The summed E-state index contributed by atoms with van der Waals surface area (Å²) < 4.78 is 18.9. The topological polar surface area (TPSA) is 26.3 Å². The van der Waals surface area contributed by atoms with E-state index in [4.69, 9.17) is 16.3 Å². The van der Waals surface area contributed by atoms with Crippen LogP contribution in [-0.2, 0) is 0 Å². The molecule has 0 fully saturated rings. The molecule has 0 bridgehead atoms. The Bertz CT molecular complexity index is 627. The molecule has 100 valence electrons. The van der Waals surface area contributed by atoms with Crippen molar-refractivity contribution in [1.29, 1.82) is 0 Å². The molecule has 1 heterocycles. The number of thiophene rings is 1. The quantitative estimate of drug-likeness (QED) is 0.572. The molecular weight excluding hydrogens is 355 g/mol. The first-order valence-corrected chi connectivity index (χ1v) is 7.33. The Morgan fingerprint density at radius 3 is 2.84 bits per heavy atom. The zero-order chi connectivity index (χ0) is 14.0. The second-order valence-corrected chi connectivity index (χ2v) is 6.37. The number of aryl methyl sites for hydroxylation is 1. The lowest BCUT2D eigenvalue weighted by Crippen LogP contribution is -2.10. The molecule has 6 heteroatoms. The van der Waals surface area contributed by atoms with Crippen molar-refractivity contribution in [3.8, 4) is 5.75 Å². The summed E-state index contributed by atoms with van der Waals surface area (Å²) in [5, 5.41) is 0.253. The fourth-order valence-electron chi connectivity index (χ4n) is 1.41. The number of rotatable bonds is 4. The number of ketones is 1. The van der Waals surface area contributed by atoms with Gasteiger partial charge in [0, 0.05) is 10.9 Å². The minimum atomic E-state index is -0.487. The van der Waals surface area contributed by atoms with Crippen molar-refractivity contribution >= 4 is 44.7 Å². The molecule has 1 aromatic carbocycles.